The largest absolute Gasteiger partial charge is 0.411 e. The van der Waals surface area contributed by atoms with Crippen molar-refractivity contribution >= 4 is 11.8 Å². The van der Waals surface area contributed by atoms with Crippen LogP contribution in [-0.2, 0) is 5.75 Å². The van der Waals surface area contributed by atoms with E-state index in [9.17, 15) is 0 Å². The Kier molecular flexibility index (Phi) is 4.45. The van der Waals surface area contributed by atoms with Gasteiger partial charge in [-0.15, -0.1) is 10.2 Å². The quantitative estimate of drug-likeness (QED) is 0.661. The molecule has 0 radical (unpaired) electrons. The highest BCUT2D eigenvalue weighted by atomic mass is 32.2. The summed E-state index contributed by atoms with van der Waals surface area (Å²) in [5.41, 5.74) is 4.89. The van der Waals surface area contributed by atoms with Crippen LogP contribution in [0.1, 0.15) is 22.3 Å². The first-order valence-electron chi connectivity index (χ1n) is 7.18. The van der Waals surface area contributed by atoms with Gasteiger partial charge in [0, 0.05) is 11.3 Å². The van der Waals surface area contributed by atoms with Crippen LogP contribution in [0.2, 0.25) is 0 Å². The van der Waals surface area contributed by atoms with Crippen LogP contribution in [0.4, 0.5) is 0 Å². The molecule has 0 N–H and O–H groups in total. The molecule has 3 rings (SSSR count). The van der Waals surface area contributed by atoms with Crippen LogP contribution < -0.4 is 0 Å². The van der Waals surface area contributed by atoms with Gasteiger partial charge in [0.1, 0.15) is 0 Å². The van der Waals surface area contributed by atoms with Gasteiger partial charge in [-0.25, -0.2) is 0 Å². The van der Waals surface area contributed by atoms with Crippen molar-refractivity contribution in [3.05, 3.63) is 64.7 Å². The van der Waals surface area contributed by atoms with Gasteiger partial charge in [-0.2, -0.15) is 5.26 Å². The Balaban J connectivity index is 1.76. The van der Waals surface area contributed by atoms with Gasteiger partial charge < -0.3 is 4.42 Å². The zero-order valence-electron chi connectivity index (χ0n) is 12.9. The number of benzene rings is 2. The van der Waals surface area contributed by atoms with Gasteiger partial charge >= 0.3 is 0 Å². The van der Waals surface area contributed by atoms with Crippen molar-refractivity contribution in [1.29, 1.82) is 5.26 Å². The van der Waals surface area contributed by atoms with E-state index in [2.05, 4.69) is 22.3 Å². The average molecular weight is 321 g/mol. The van der Waals surface area contributed by atoms with Gasteiger partial charge in [-0.3, -0.25) is 0 Å². The lowest BCUT2D eigenvalue weighted by Gasteiger charge is -2.01. The summed E-state index contributed by atoms with van der Waals surface area (Å²) in [5.74, 6) is 1.14. The van der Waals surface area contributed by atoms with E-state index in [1.807, 2.05) is 50.2 Å². The van der Waals surface area contributed by atoms with Crippen molar-refractivity contribution in [2.24, 2.45) is 0 Å². The fourth-order valence-electron chi connectivity index (χ4n) is 2.38. The summed E-state index contributed by atoms with van der Waals surface area (Å²) in [6.07, 6.45) is 0. The standard InChI is InChI=1S/C18H15N3OS/c1-12-7-13(2)9-16(8-12)17-20-21-18(22-17)23-11-15-6-4-3-5-14(15)10-19/h3-9H,11H2,1-2H3. The summed E-state index contributed by atoms with van der Waals surface area (Å²) in [6.45, 7) is 4.09. The molecule has 1 heterocycles. The number of hydrogen-bond donors (Lipinski definition) is 0. The number of aryl methyl sites for hydroxylation is 2. The minimum Gasteiger partial charge on any atom is -0.411 e. The first kappa shape index (κ1) is 15.3. The van der Waals surface area contributed by atoms with Gasteiger partial charge in [-0.05, 0) is 37.6 Å². The summed E-state index contributed by atoms with van der Waals surface area (Å²) in [5, 5.41) is 17.8. The molecule has 0 saturated heterocycles. The van der Waals surface area contributed by atoms with E-state index < -0.39 is 0 Å². The van der Waals surface area contributed by atoms with Crippen molar-refractivity contribution in [2.45, 2.75) is 24.8 Å². The predicted molar refractivity (Wildman–Crippen MR) is 89.9 cm³/mol. The van der Waals surface area contributed by atoms with E-state index >= 15 is 0 Å². The van der Waals surface area contributed by atoms with Crippen LogP contribution in [0.15, 0.2) is 52.1 Å². The average Bonchev–Trinajstić information content (AvgIpc) is 3.01. The Morgan fingerprint density at radius 3 is 2.57 bits per heavy atom. The zero-order valence-corrected chi connectivity index (χ0v) is 13.7. The van der Waals surface area contributed by atoms with Crippen molar-refractivity contribution < 1.29 is 4.42 Å². The maximum absolute atomic E-state index is 9.11. The number of aromatic nitrogens is 2. The van der Waals surface area contributed by atoms with Crippen molar-refractivity contribution in [3.63, 3.8) is 0 Å². The van der Waals surface area contributed by atoms with Crippen LogP contribution in [-0.4, -0.2) is 10.2 Å². The molecule has 5 heteroatoms. The molecule has 0 spiro atoms. The van der Waals surface area contributed by atoms with E-state index in [0.29, 0.717) is 22.4 Å². The smallest absolute Gasteiger partial charge is 0.277 e. The van der Waals surface area contributed by atoms with Crippen molar-refractivity contribution in [2.75, 3.05) is 0 Å². The molecule has 1 aromatic heterocycles. The lowest BCUT2D eigenvalue weighted by Crippen LogP contribution is -1.86. The molecular formula is C18H15N3OS. The van der Waals surface area contributed by atoms with Gasteiger partial charge in [-0.1, -0.05) is 47.2 Å². The molecule has 0 aliphatic rings. The highest BCUT2D eigenvalue weighted by Gasteiger charge is 2.11. The van der Waals surface area contributed by atoms with E-state index in [1.165, 1.54) is 11.8 Å². The highest BCUT2D eigenvalue weighted by Crippen LogP contribution is 2.27. The second kappa shape index (κ2) is 6.67. The molecule has 0 aliphatic carbocycles. The monoisotopic (exact) mass is 321 g/mol. The van der Waals surface area contributed by atoms with E-state index in [-0.39, 0.29) is 0 Å². The Labute approximate surface area is 139 Å². The molecule has 0 amide bonds. The third kappa shape index (κ3) is 3.61. The Morgan fingerprint density at radius 2 is 1.83 bits per heavy atom. The summed E-state index contributed by atoms with van der Waals surface area (Å²) in [4.78, 5) is 0. The van der Waals surface area contributed by atoms with Gasteiger partial charge in [0.2, 0.25) is 5.89 Å². The Bertz CT molecular complexity index is 860. The zero-order chi connectivity index (χ0) is 16.2. The Morgan fingerprint density at radius 1 is 1.09 bits per heavy atom. The third-order valence-electron chi connectivity index (χ3n) is 3.36. The van der Waals surface area contributed by atoms with E-state index in [1.54, 1.807) is 0 Å². The molecule has 114 valence electrons. The first-order chi connectivity index (χ1) is 11.2. The van der Waals surface area contributed by atoms with Gasteiger partial charge in [0.05, 0.1) is 11.6 Å². The third-order valence-corrected chi connectivity index (χ3v) is 4.23. The molecule has 0 bridgehead atoms. The van der Waals surface area contributed by atoms with Crippen molar-refractivity contribution in [1.82, 2.24) is 10.2 Å². The molecule has 3 aromatic rings. The maximum Gasteiger partial charge on any atom is 0.277 e. The fourth-order valence-corrected chi connectivity index (χ4v) is 3.14. The molecule has 2 aromatic carbocycles. The molecule has 23 heavy (non-hydrogen) atoms. The normalized spacial score (nSPS) is 10.5. The lowest BCUT2D eigenvalue weighted by molar-refractivity contribution is 0.466. The molecular weight excluding hydrogens is 306 g/mol. The van der Waals surface area contributed by atoms with Crippen LogP contribution in [0.3, 0.4) is 0 Å². The predicted octanol–water partition coefficient (Wildman–Crippen LogP) is 4.52. The highest BCUT2D eigenvalue weighted by molar-refractivity contribution is 7.98. The second-order valence-corrected chi connectivity index (χ2v) is 6.23. The minimum absolute atomic E-state index is 0.506. The molecule has 0 atom stereocenters. The van der Waals surface area contributed by atoms with Crippen LogP contribution in [0.5, 0.6) is 0 Å². The fraction of sp³-hybridized carbons (Fsp3) is 0.167. The lowest BCUT2D eigenvalue weighted by atomic mass is 10.1. The minimum atomic E-state index is 0.506. The van der Waals surface area contributed by atoms with Crippen molar-refractivity contribution in [3.8, 4) is 17.5 Å². The molecule has 0 aliphatic heterocycles. The van der Waals surface area contributed by atoms with E-state index in [4.69, 9.17) is 9.68 Å². The second-order valence-electron chi connectivity index (χ2n) is 5.31. The maximum atomic E-state index is 9.11. The number of rotatable bonds is 4. The van der Waals surface area contributed by atoms with Gasteiger partial charge in [0.25, 0.3) is 5.22 Å². The summed E-state index contributed by atoms with van der Waals surface area (Å²) < 4.78 is 5.73. The van der Waals surface area contributed by atoms with Crippen LogP contribution in [0.25, 0.3) is 11.5 Å². The van der Waals surface area contributed by atoms with E-state index in [0.717, 1.165) is 22.3 Å². The number of nitrogens with zero attached hydrogens (tertiary/aromatic N) is 3. The molecule has 0 unspecified atom stereocenters. The number of nitriles is 1. The number of thioether (sulfide) groups is 1. The summed E-state index contributed by atoms with van der Waals surface area (Å²) in [7, 11) is 0. The Hall–Kier alpha value is -2.58. The van der Waals surface area contributed by atoms with Crippen LogP contribution in [0, 0.1) is 25.2 Å². The summed E-state index contributed by atoms with van der Waals surface area (Å²) in [6, 6.07) is 15.9. The summed E-state index contributed by atoms with van der Waals surface area (Å²) >= 11 is 1.44. The molecule has 0 fully saturated rings. The molecule has 4 nitrogen and oxygen atoms in total. The first-order valence-corrected chi connectivity index (χ1v) is 8.17. The van der Waals surface area contributed by atoms with Gasteiger partial charge in [0.15, 0.2) is 0 Å². The van der Waals surface area contributed by atoms with Crippen LogP contribution >= 0.6 is 11.8 Å². The topological polar surface area (TPSA) is 62.7 Å². The number of hydrogen-bond acceptors (Lipinski definition) is 5. The SMILES string of the molecule is Cc1cc(C)cc(-c2nnc(SCc3ccccc3C#N)o2)c1. The molecule has 0 saturated carbocycles.